The van der Waals surface area contributed by atoms with Crippen molar-refractivity contribution in [1.82, 2.24) is 5.32 Å². The third-order valence-electron chi connectivity index (χ3n) is 4.44. The molecule has 1 N–H and O–H groups in total. The molecule has 0 unspecified atom stereocenters. The fourth-order valence-electron chi connectivity index (χ4n) is 2.91. The van der Waals surface area contributed by atoms with Gasteiger partial charge in [-0.1, -0.05) is 52.3 Å². The van der Waals surface area contributed by atoms with E-state index in [0.29, 0.717) is 13.2 Å². The summed E-state index contributed by atoms with van der Waals surface area (Å²) in [5, 5.41) is 3.11. The van der Waals surface area contributed by atoms with E-state index in [9.17, 15) is 4.79 Å². The molecule has 3 rings (SSSR count). The molecule has 1 aliphatic rings. The lowest BCUT2D eigenvalue weighted by atomic mass is 9.95. The molecule has 0 radical (unpaired) electrons. The number of hydrogen-bond donors (Lipinski definition) is 1. The fourth-order valence-corrected chi connectivity index (χ4v) is 3.18. The first-order valence-electron chi connectivity index (χ1n) is 7.76. The number of ether oxygens (including phenoxy) is 1. The summed E-state index contributed by atoms with van der Waals surface area (Å²) in [6, 6.07) is 16.1. The minimum Gasteiger partial charge on any atom is -0.380 e. The number of methoxy groups -OCH3 is 1. The summed E-state index contributed by atoms with van der Waals surface area (Å²) < 4.78 is 6.25. The van der Waals surface area contributed by atoms with Crippen LogP contribution in [0.25, 0.3) is 0 Å². The van der Waals surface area contributed by atoms with E-state index in [4.69, 9.17) is 4.74 Å². The highest BCUT2D eigenvalue weighted by Gasteiger charge is 2.51. The minimum absolute atomic E-state index is 0.118. The highest BCUT2D eigenvalue weighted by molar-refractivity contribution is 9.10. The van der Waals surface area contributed by atoms with Crippen LogP contribution in [0.15, 0.2) is 53.0 Å². The standard InChI is InChI=1S/C19H20BrNO2/c1-23-13-15-5-3-2-4-14(15)12-21-18(22)19(10-11-19)16-6-8-17(20)9-7-16/h2-9H,10-13H2,1H3,(H,21,22). The SMILES string of the molecule is COCc1ccccc1CNC(=O)C1(c2ccc(Br)cc2)CC1. The van der Waals surface area contributed by atoms with Crippen LogP contribution in [0.4, 0.5) is 0 Å². The number of benzene rings is 2. The lowest BCUT2D eigenvalue weighted by Gasteiger charge is -2.17. The number of carbonyl (C=O) groups is 1. The van der Waals surface area contributed by atoms with E-state index in [0.717, 1.165) is 34.0 Å². The van der Waals surface area contributed by atoms with E-state index in [-0.39, 0.29) is 11.3 Å². The highest BCUT2D eigenvalue weighted by atomic mass is 79.9. The molecule has 1 fully saturated rings. The summed E-state index contributed by atoms with van der Waals surface area (Å²) in [6.07, 6.45) is 1.83. The van der Waals surface area contributed by atoms with Crippen LogP contribution in [-0.2, 0) is 28.1 Å². The van der Waals surface area contributed by atoms with Crippen LogP contribution in [0.5, 0.6) is 0 Å². The normalized spacial score (nSPS) is 15.2. The zero-order chi connectivity index (χ0) is 16.3. The Bertz CT molecular complexity index is 693. The second-order valence-corrected chi connectivity index (χ2v) is 6.89. The number of nitrogens with one attached hydrogen (secondary N) is 1. The third-order valence-corrected chi connectivity index (χ3v) is 4.97. The monoisotopic (exact) mass is 373 g/mol. The van der Waals surface area contributed by atoms with Gasteiger partial charge in [0.15, 0.2) is 0 Å². The van der Waals surface area contributed by atoms with Crippen LogP contribution in [0, 0.1) is 0 Å². The molecule has 1 saturated carbocycles. The van der Waals surface area contributed by atoms with Crippen molar-refractivity contribution >= 4 is 21.8 Å². The van der Waals surface area contributed by atoms with Crippen LogP contribution in [0.3, 0.4) is 0 Å². The Morgan fingerprint density at radius 1 is 1.13 bits per heavy atom. The molecule has 0 atom stereocenters. The van der Waals surface area contributed by atoms with E-state index in [1.807, 2.05) is 48.5 Å². The fraction of sp³-hybridized carbons (Fsp3) is 0.316. The van der Waals surface area contributed by atoms with Gasteiger partial charge in [0.1, 0.15) is 0 Å². The first-order valence-corrected chi connectivity index (χ1v) is 8.55. The maximum Gasteiger partial charge on any atom is 0.230 e. The van der Waals surface area contributed by atoms with Gasteiger partial charge >= 0.3 is 0 Å². The number of rotatable bonds is 6. The average molecular weight is 374 g/mol. The van der Waals surface area contributed by atoms with Gasteiger partial charge in [-0.05, 0) is 41.7 Å². The van der Waals surface area contributed by atoms with Crippen LogP contribution in [0.2, 0.25) is 0 Å². The van der Waals surface area contributed by atoms with Crippen molar-refractivity contribution in [2.45, 2.75) is 31.4 Å². The molecule has 3 nitrogen and oxygen atoms in total. The Kier molecular flexibility index (Phi) is 4.83. The summed E-state index contributed by atoms with van der Waals surface area (Å²) in [7, 11) is 1.68. The molecule has 2 aromatic carbocycles. The van der Waals surface area contributed by atoms with E-state index in [2.05, 4.69) is 21.2 Å². The van der Waals surface area contributed by atoms with E-state index in [1.165, 1.54) is 0 Å². The smallest absolute Gasteiger partial charge is 0.230 e. The zero-order valence-corrected chi connectivity index (χ0v) is 14.7. The predicted octanol–water partition coefficient (Wildman–Crippen LogP) is 3.94. The van der Waals surface area contributed by atoms with Gasteiger partial charge < -0.3 is 10.1 Å². The van der Waals surface area contributed by atoms with Crippen LogP contribution >= 0.6 is 15.9 Å². The van der Waals surface area contributed by atoms with Gasteiger partial charge in [0.05, 0.1) is 12.0 Å². The van der Waals surface area contributed by atoms with Crippen molar-refractivity contribution < 1.29 is 9.53 Å². The van der Waals surface area contributed by atoms with Gasteiger partial charge in [0.2, 0.25) is 5.91 Å². The Hall–Kier alpha value is -1.65. The maximum absolute atomic E-state index is 12.7. The molecule has 1 amide bonds. The lowest BCUT2D eigenvalue weighted by Crippen LogP contribution is -2.34. The van der Waals surface area contributed by atoms with E-state index in [1.54, 1.807) is 7.11 Å². The topological polar surface area (TPSA) is 38.3 Å². The Morgan fingerprint density at radius 3 is 2.39 bits per heavy atom. The van der Waals surface area contributed by atoms with Crippen LogP contribution in [-0.4, -0.2) is 13.0 Å². The van der Waals surface area contributed by atoms with Crippen molar-refractivity contribution in [1.29, 1.82) is 0 Å². The van der Waals surface area contributed by atoms with Crippen molar-refractivity contribution in [2.75, 3.05) is 7.11 Å². The summed E-state index contributed by atoms with van der Waals surface area (Å²) in [6.45, 7) is 1.10. The molecule has 0 aliphatic heterocycles. The first kappa shape index (κ1) is 16.2. The molecular formula is C19H20BrNO2. The average Bonchev–Trinajstić information content (AvgIpc) is 3.36. The Balaban J connectivity index is 1.69. The van der Waals surface area contributed by atoms with Gasteiger partial charge in [-0.15, -0.1) is 0 Å². The van der Waals surface area contributed by atoms with Gasteiger partial charge in [0, 0.05) is 18.1 Å². The molecule has 0 aromatic heterocycles. The van der Waals surface area contributed by atoms with Crippen molar-refractivity contribution in [3.05, 3.63) is 69.7 Å². The number of hydrogen-bond acceptors (Lipinski definition) is 2. The molecule has 0 saturated heterocycles. The van der Waals surface area contributed by atoms with E-state index >= 15 is 0 Å². The molecular weight excluding hydrogens is 354 g/mol. The zero-order valence-electron chi connectivity index (χ0n) is 13.1. The molecule has 0 heterocycles. The molecule has 1 aliphatic carbocycles. The second-order valence-electron chi connectivity index (χ2n) is 5.97. The number of carbonyl (C=O) groups excluding carboxylic acids is 1. The minimum atomic E-state index is -0.336. The van der Waals surface area contributed by atoms with Gasteiger partial charge in [-0.2, -0.15) is 0 Å². The first-order chi connectivity index (χ1) is 11.2. The predicted molar refractivity (Wildman–Crippen MR) is 94.1 cm³/mol. The Labute approximate surface area is 145 Å². The quantitative estimate of drug-likeness (QED) is 0.832. The highest BCUT2D eigenvalue weighted by Crippen LogP contribution is 2.48. The van der Waals surface area contributed by atoms with Gasteiger partial charge in [-0.25, -0.2) is 0 Å². The lowest BCUT2D eigenvalue weighted by molar-refractivity contribution is -0.123. The molecule has 0 bridgehead atoms. The van der Waals surface area contributed by atoms with Crippen molar-refractivity contribution in [2.24, 2.45) is 0 Å². The molecule has 120 valence electrons. The molecule has 2 aromatic rings. The van der Waals surface area contributed by atoms with Gasteiger partial charge in [-0.3, -0.25) is 4.79 Å². The van der Waals surface area contributed by atoms with Crippen LogP contribution < -0.4 is 5.32 Å². The number of halogens is 1. The van der Waals surface area contributed by atoms with E-state index < -0.39 is 0 Å². The van der Waals surface area contributed by atoms with Crippen molar-refractivity contribution in [3.8, 4) is 0 Å². The van der Waals surface area contributed by atoms with Gasteiger partial charge in [0.25, 0.3) is 0 Å². The molecule has 0 spiro atoms. The molecule has 4 heteroatoms. The summed E-state index contributed by atoms with van der Waals surface area (Å²) in [4.78, 5) is 12.7. The summed E-state index contributed by atoms with van der Waals surface area (Å²) >= 11 is 3.44. The second kappa shape index (κ2) is 6.85. The maximum atomic E-state index is 12.7. The summed E-state index contributed by atoms with van der Waals surface area (Å²) in [5.74, 6) is 0.118. The van der Waals surface area contributed by atoms with Crippen molar-refractivity contribution in [3.63, 3.8) is 0 Å². The Morgan fingerprint density at radius 2 is 1.78 bits per heavy atom. The molecule has 23 heavy (non-hydrogen) atoms. The summed E-state index contributed by atoms with van der Waals surface area (Å²) in [5.41, 5.74) is 2.98. The third kappa shape index (κ3) is 3.48. The largest absolute Gasteiger partial charge is 0.380 e. The van der Waals surface area contributed by atoms with Crippen LogP contribution in [0.1, 0.15) is 29.5 Å². The number of amides is 1.